The van der Waals surface area contributed by atoms with E-state index >= 15 is 0 Å². The van der Waals surface area contributed by atoms with Gasteiger partial charge in [-0.2, -0.15) is 0 Å². The number of hydrogen-bond acceptors (Lipinski definition) is 3. The number of nitrogens with zero attached hydrogens (tertiary/aromatic N) is 2. The summed E-state index contributed by atoms with van der Waals surface area (Å²) in [5.41, 5.74) is 3.26. The zero-order chi connectivity index (χ0) is 22.2. The lowest BCUT2D eigenvalue weighted by Crippen LogP contribution is -2.22. The van der Waals surface area contributed by atoms with Crippen LogP contribution in [0.4, 0.5) is 4.39 Å². The van der Waals surface area contributed by atoms with Crippen LogP contribution < -0.4 is 10.3 Å². The van der Waals surface area contributed by atoms with Crippen LogP contribution in [0.25, 0.3) is 0 Å². The van der Waals surface area contributed by atoms with Gasteiger partial charge in [-0.25, -0.2) is 4.39 Å². The third-order valence-electron chi connectivity index (χ3n) is 5.08. The third-order valence-corrected chi connectivity index (χ3v) is 5.08. The topological polar surface area (TPSA) is 34.5 Å². The summed E-state index contributed by atoms with van der Waals surface area (Å²) in [7, 11) is 2.15. The molecule has 0 atom stereocenters. The van der Waals surface area contributed by atoms with Crippen molar-refractivity contribution >= 4 is 0 Å². The number of rotatable bonds is 10. The molecule has 0 aliphatic carbocycles. The molecule has 0 saturated carbocycles. The average Bonchev–Trinajstić information content (AvgIpc) is 2.73. The molecule has 0 saturated heterocycles. The zero-order valence-corrected chi connectivity index (χ0v) is 18.6. The third kappa shape index (κ3) is 7.37. The Morgan fingerprint density at radius 3 is 2.26 bits per heavy atom. The first kappa shape index (κ1) is 22.8. The van der Waals surface area contributed by atoms with Gasteiger partial charge in [0.2, 0.25) is 0 Å². The molecule has 0 N–H and O–H groups in total. The van der Waals surface area contributed by atoms with E-state index in [0.717, 1.165) is 25.1 Å². The van der Waals surface area contributed by atoms with Gasteiger partial charge in [0.05, 0.1) is 0 Å². The Hall–Kier alpha value is -2.92. The van der Waals surface area contributed by atoms with Crippen molar-refractivity contribution in [1.82, 2.24) is 9.47 Å². The van der Waals surface area contributed by atoms with Crippen LogP contribution in [-0.4, -0.2) is 23.1 Å². The van der Waals surface area contributed by atoms with E-state index in [1.165, 1.54) is 29.3 Å². The highest BCUT2D eigenvalue weighted by atomic mass is 19.1. The summed E-state index contributed by atoms with van der Waals surface area (Å²) in [6, 6.07) is 18.0. The van der Waals surface area contributed by atoms with Gasteiger partial charge in [-0.15, -0.1) is 0 Å². The molecule has 0 unspecified atom stereocenters. The standard InChI is InChI=1S/C26H31FN2O2/c1-20(2)17-28(3)18-22-6-4-21(5-7-22)12-14-29-15-13-25(16-26(29)30)31-19-23-8-10-24(27)11-9-23/h4-11,13,15-16,20H,12,14,17-19H2,1-3H3. The number of aromatic nitrogens is 1. The van der Waals surface area contributed by atoms with E-state index in [1.54, 1.807) is 29.0 Å². The van der Waals surface area contributed by atoms with Crippen molar-refractivity contribution in [2.75, 3.05) is 13.6 Å². The summed E-state index contributed by atoms with van der Waals surface area (Å²) in [4.78, 5) is 14.7. The van der Waals surface area contributed by atoms with Crippen molar-refractivity contribution in [3.8, 4) is 5.75 Å². The summed E-state index contributed by atoms with van der Waals surface area (Å²) in [5.74, 6) is 0.891. The summed E-state index contributed by atoms with van der Waals surface area (Å²) < 4.78 is 20.3. The van der Waals surface area contributed by atoms with Gasteiger partial charge in [0.15, 0.2) is 0 Å². The molecule has 4 nitrogen and oxygen atoms in total. The van der Waals surface area contributed by atoms with E-state index in [-0.39, 0.29) is 11.4 Å². The van der Waals surface area contributed by atoms with Gasteiger partial charge < -0.3 is 14.2 Å². The monoisotopic (exact) mass is 422 g/mol. The van der Waals surface area contributed by atoms with E-state index in [1.807, 2.05) is 0 Å². The van der Waals surface area contributed by atoms with Crippen LogP contribution in [0.1, 0.15) is 30.5 Å². The second-order valence-electron chi connectivity index (χ2n) is 8.47. The van der Waals surface area contributed by atoms with Gasteiger partial charge in [-0.1, -0.05) is 50.2 Å². The average molecular weight is 423 g/mol. The lowest BCUT2D eigenvalue weighted by molar-refractivity contribution is 0.288. The Morgan fingerprint density at radius 1 is 0.968 bits per heavy atom. The molecule has 0 bridgehead atoms. The van der Waals surface area contributed by atoms with Gasteiger partial charge in [0.25, 0.3) is 5.56 Å². The molecule has 0 aliphatic heterocycles. The summed E-state index contributed by atoms with van der Waals surface area (Å²) in [5, 5.41) is 0. The van der Waals surface area contributed by atoms with Crippen LogP contribution in [0.5, 0.6) is 5.75 Å². The fourth-order valence-corrected chi connectivity index (χ4v) is 3.57. The number of ether oxygens (including phenoxy) is 1. The first-order valence-electron chi connectivity index (χ1n) is 10.7. The van der Waals surface area contributed by atoms with Crippen LogP contribution in [0.3, 0.4) is 0 Å². The summed E-state index contributed by atoms with van der Waals surface area (Å²) in [6.45, 7) is 7.38. The molecule has 0 aliphatic rings. The SMILES string of the molecule is CC(C)CN(C)Cc1ccc(CCn2ccc(OCc3ccc(F)cc3)cc2=O)cc1. The maximum absolute atomic E-state index is 13.0. The second-order valence-corrected chi connectivity index (χ2v) is 8.47. The Balaban J connectivity index is 1.51. The van der Waals surface area contributed by atoms with Crippen molar-refractivity contribution in [2.45, 2.75) is 40.0 Å². The lowest BCUT2D eigenvalue weighted by atomic mass is 10.1. The number of aryl methyl sites for hydroxylation is 2. The zero-order valence-electron chi connectivity index (χ0n) is 18.6. The maximum Gasteiger partial charge on any atom is 0.254 e. The molecular formula is C26H31FN2O2. The molecule has 164 valence electrons. The molecule has 5 heteroatoms. The molecule has 3 rings (SSSR count). The predicted octanol–water partition coefficient (Wildman–Crippen LogP) is 4.90. The highest BCUT2D eigenvalue weighted by molar-refractivity contribution is 5.23. The van der Waals surface area contributed by atoms with E-state index in [9.17, 15) is 9.18 Å². The highest BCUT2D eigenvalue weighted by Gasteiger charge is 2.05. The van der Waals surface area contributed by atoms with Crippen LogP contribution >= 0.6 is 0 Å². The molecule has 0 spiro atoms. The molecule has 0 amide bonds. The Bertz CT molecular complexity index is 1010. The molecule has 3 aromatic rings. The predicted molar refractivity (Wildman–Crippen MR) is 123 cm³/mol. The van der Waals surface area contributed by atoms with E-state index in [0.29, 0.717) is 24.8 Å². The van der Waals surface area contributed by atoms with Crippen molar-refractivity contribution in [3.05, 3.63) is 99.7 Å². The Morgan fingerprint density at radius 2 is 1.61 bits per heavy atom. The number of benzene rings is 2. The van der Waals surface area contributed by atoms with Crippen LogP contribution in [0, 0.1) is 11.7 Å². The van der Waals surface area contributed by atoms with Crippen LogP contribution in [-0.2, 0) is 26.1 Å². The Kier molecular flexibility index (Phi) is 8.01. The fourth-order valence-electron chi connectivity index (χ4n) is 3.57. The minimum Gasteiger partial charge on any atom is -0.489 e. The largest absolute Gasteiger partial charge is 0.489 e. The summed E-state index contributed by atoms with van der Waals surface area (Å²) in [6.07, 6.45) is 2.55. The van der Waals surface area contributed by atoms with E-state index < -0.39 is 0 Å². The molecule has 1 aromatic heterocycles. The first-order chi connectivity index (χ1) is 14.9. The molecule has 1 heterocycles. The lowest BCUT2D eigenvalue weighted by Gasteiger charge is -2.19. The van der Waals surface area contributed by atoms with Gasteiger partial charge in [0, 0.05) is 31.9 Å². The number of hydrogen-bond donors (Lipinski definition) is 0. The second kappa shape index (κ2) is 10.9. The first-order valence-corrected chi connectivity index (χ1v) is 10.7. The quantitative estimate of drug-likeness (QED) is 0.466. The van der Waals surface area contributed by atoms with Gasteiger partial charge in [0.1, 0.15) is 18.2 Å². The Labute approximate surface area is 183 Å². The van der Waals surface area contributed by atoms with Gasteiger partial charge >= 0.3 is 0 Å². The van der Waals surface area contributed by atoms with Crippen molar-refractivity contribution in [2.24, 2.45) is 5.92 Å². The summed E-state index contributed by atoms with van der Waals surface area (Å²) >= 11 is 0. The normalized spacial score (nSPS) is 11.3. The van der Waals surface area contributed by atoms with Crippen LogP contribution in [0.2, 0.25) is 0 Å². The molecule has 0 fully saturated rings. The van der Waals surface area contributed by atoms with E-state index in [4.69, 9.17) is 4.74 Å². The van der Waals surface area contributed by atoms with Crippen LogP contribution in [0.15, 0.2) is 71.7 Å². The molecule has 31 heavy (non-hydrogen) atoms. The van der Waals surface area contributed by atoms with Crippen molar-refractivity contribution in [3.63, 3.8) is 0 Å². The highest BCUT2D eigenvalue weighted by Crippen LogP contribution is 2.12. The minimum atomic E-state index is -0.278. The van der Waals surface area contributed by atoms with Crippen molar-refractivity contribution in [1.29, 1.82) is 0 Å². The molecule has 2 aromatic carbocycles. The smallest absolute Gasteiger partial charge is 0.254 e. The molecular weight excluding hydrogens is 391 g/mol. The van der Waals surface area contributed by atoms with Crippen molar-refractivity contribution < 1.29 is 9.13 Å². The maximum atomic E-state index is 13.0. The van der Waals surface area contributed by atoms with Gasteiger partial charge in [-0.05, 0) is 54.3 Å². The fraction of sp³-hybridized carbons (Fsp3) is 0.346. The minimum absolute atomic E-state index is 0.0939. The number of halogens is 1. The number of pyridine rings is 1. The van der Waals surface area contributed by atoms with E-state index in [2.05, 4.69) is 50.1 Å². The molecule has 0 radical (unpaired) electrons. The van der Waals surface area contributed by atoms with Gasteiger partial charge in [-0.3, -0.25) is 4.79 Å².